The Morgan fingerprint density at radius 1 is 1.00 bits per heavy atom. The van der Waals surface area contributed by atoms with Crippen molar-refractivity contribution in [2.45, 2.75) is 58.8 Å². The van der Waals surface area contributed by atoms with Gasteiger partial charge in [0.25, 0.3) is 0 Å². The normalized spacial score (nSPS) is 13.7. The van der Waals surface area contributed by atoms with E-state index in [1.54, 1.807) is 14.2 Å². The van der Waals surface area contributed by atoms with Crippen molar-refractivity contribution in [3.8, 4) is 0 Å². The third-order valence-electron chi connectivity index (χ3n) is 3.19. The molecule has 0 amide bonds. The Bertz CT molecular complexity index is 145. The van der Waals surface area contributed by atoms with Gasteiger partial charge in [0.2, 0.25) is 0 Å². The minimum Gasteiger partial charge on any atom is -0.354 e. The van der Waals surface area contributed by atoms with E-state index in [1.165, 1.54) is 12.8 Å². The van der Waals surface area contributed by atoms with Crippen molar-refractivity contribution in [2.24, 2.45) is 5.92 Å². The van der Waals surface area contributed by atoms with Crippen LogP contribution < -0.4 is 5.32 Å². The summed E-state index contributed by atoms with van der Waals surface area (Å²) in [4.78, 5) is 0. The van der Waals surface area contributed by atoms with Gasteiger partial charge in [-0.05, 0) is 25.3 Å². The first-order valence-electron chi connectivity index (χ1n) is 6.52. The van der Waals surface area contributed by atoms with Gasteiger partial charge in [-0.2, -0.15) is 0 Å². The molecule has 0 spiro atoms. The maximum absolute atomic E-state index is 5.36. The van der Waals surface area contributed by atoms with Gasteiger partial charge in [-0.1, -0.05) is 33.6 Å². The van der Waals surface area contributed by atoms with Crippen LogP contribution in [-0.2, 0) is 9.47 Å². The Balaban J connectivity index is 4.27. The molecule has 1 unspecified atom stereocenters. The summed E-state index contributed by atoms with van der Waals surface area (Å²) >= 11 is 0. The first-order valence-corrected chi connectivity index (χ1v) is 6.52. The van der Waals surface area contributed by atoms with E-state index >= 15 is 0 Å². The molecule has 0 radical (unpaired) electrons. The molecule has 1 N–H and O–H groups in total. The second kappa shape index (κ2) is 10.1. The van der Waals surface area contributed by atoms with Crippen molar-refractivity contribution < 1.29 is 9.47 Å². The number of rotatable bonds is 10. The van der Waals surface area contributed by atoms with Crippen molar-refractivity contribution in [2.75, 3.05) is 20.8 Å². The molecule has 0 saturated heterocycles. The zero-order valence-corrected chi connectivity index (χ0v) is 11.6. The molecule has 0 heterocycles. The molecule has 1 atom stereocenters. The van der Waals surface area contributed by atoms with Crippen LogP contribution in [0.25, 0.3) is 0 Å². The monoisotopic (exact) mass is 231 g/mol. The third kappa shape index (κ3) is 5.83. The maximum atomic E-state index is 5.36. The molecular formula is C13H29NO2. The van der Waals surface area contributed by atoms with Crippen molar-refractivity contribution in [3.05, 3.63) is 0 Å². The van der Waals surface area contributed by atoms with Gasteiger partial charge in [-0.25, -0.2) is 0 Å². The summed E-state index contributed by atoms with van der Waals surface area (Å²) in [5.74, 6) is 0.752. The average Bonchev–Trinajstić information content (AvgIpc) is 2.33. The summed E-state index contributed by atoms with van der Waals surface area (Å²) < 4.78 is 10.7. The molecule has 0 aliphatic rings. The molecule has 0 rings (SSSR count). The van der Waals surface area contributed by atoms with E-state index in [9.17, 15) is 0 Å². The van der Waals surface area contributed by atoms with Gasteiger partial charge in [0.1, 0.15) is 0 Å². The number of hydrogen-bond acceptors (Lipinski definition) is 3. The van der Waals surface area contributed by atoms with Gasteiger partial charge < -0.3 is 14.8 Å². The second-order valence-corrected chi connectivity index (χ2v) is 4.32. The van der Waals surface area contributed by atoms with Crippen LogP contribution in [0.15, 0.2) is 0 Å². The molecular weight excluding hydrogens is 202 g/mol. The summed E-state index contributed by atoms with van der Waals surface area (Å²) in [6.45, 7) is 7.70. The Kier molecular flexibility index (Phi) is 9.99. The fourth-order valence-electron chi connectivity index (χ4n) is 2.03. The number of hydrogen-bond donors (Lipinski definition) is 1. The van der Waals surface area contributed by atoms with Crippen LogP contribution >= 0.6 is 0 Å². The molecule has 3 heteroatoms. The topological polar surface area (TPSA) is 30.5 Å². The van der Waals surface area contributed by atoms with Gasteiger partial charge in [0.15, 0.2) is 6.29 Å². The van der Waals surface area contributed by atoms with Gasteiger partial charge in [-0.3, -0.25) is 0 Å². The molecule has 16 heavy (non-hydrogen) atoms. The van der Waals surface area contributed by atoms with E-state index in [2.05, 4.69) is 26.1 Å². The largest absolute Gasteiger partial charge is 0.354 e. The van der Waals surface area contributed by atoms with E-state index in [4.69, 9.17) is 9.47 Å². The Morgan fingerprint density at radius 3 is 1.94 bits per heavy atom. The Morgan fingerprint density at radius 2 is 1.56 bits per heavy atom. The molecule has 0 saturated carbocycles. The summed E-state index contributed by atoms with van der Waals surface area (Å²) in [6, 6.07) is 0.305. The molecule has 0 fully saturated rings. The Labute approximate surface area is 101 Å². The number of ether oxygens (including phenoxy) is 2. The smallest absolute Gasteiger partial charge is 0.171 e. The summed E-state index contributed by atoms with van der Waals surface area (Å²) in [5, 5.41) is 3.52. The van der Waals surface area contributed by atoms with E-state index < -0.39 is 0 Å². The Hall–Kier alpha value is -0.120. The zero-order valence-electron chi connectivity index (χ0n) is 11.6. The molecule has 0 aromatic carbocycles. The highest BCUT2D eigenvalue weighted by atomic mass is 16.7. The minimum atomic E-state index is -0.132. The van der Waals surface area contributed by atoms with Gasteiger partial charge >= 0.3 is 0 Å². The fourth-order valence-corrected chi connectivity index (χ4v) is 2.03. The molecule has 0 aliphatic heterocycles. The van der Waals surface area contributed by atoms with Crippen molar-refractivity contribution in [1.82, 2.24) is 5.32 Å². The van der Waals surface area contributed by atoms with E-state index in [-0.39, 0.29) is 6.29 Å². The predicted molar refractivity (Wildman–Crippen MR) is 68.6 cm³/mol. The van der Waals surface area contributed by atoms with Crippen LogP contribution in [0.2, 0.25) is 0 Å². The van der Waals surface area contributed by atoms with Crippen LogP contribution in [0.3, 0.4) is 0 Å². The molecule has 0 aliphatic carbocycles. The SMILES string of the molecule is CCCNC(CC(CC)CC)C(OC)OC. The van der Waals surface area contributed by atoms with Gasteiger partial charge in [-0.15, -0.1) is 0 Å². The maximum Gasteiger partial charge on any atom is 0.171 e. The van der Waals surface area contributed by atoms with Gasteiger partial charge in [0, 0.05) is 14.2 Å². The van der Waals surface area contributed by atoms with Gasteiger partial charge in [0.05, 0.1) is 6.04 Å². The van der Waals surface area contributed by atoms with Crippen molar-refractivity contribution in [3.63, 3.8) is 0 Å². The summed E-state index contributed by atoms with van der Waals surface area (Å²) in [6.07, 6.45) is 4.58. The highest BCUT2D eigenvalue weighted by Crippen LogP contribution is 2.18. The molecule has 0 aromatic rings. The highest BCUT2D eigenvalue weighted by molar-refractivity contribution is 4.74. The third-order valence-corrected chi connectivity index (χ3v) is 3.19. The van der Waals surface area contributed by atoms with Crippen molar-refractivity contribution >= 4 is 0 Å². The van der Waals surface area contributed by atoms with E-state index in [0.29, 0.717) is 6.04 Å². The molecule has 98 valence electrons. The molecule has 0 bridgehead atoms. The zero-order chi connectivity index (χ0) is 12.4. The molecule has 3 nitrogen and oxygen atoms in total. The van der Waals surface area contributed by atoms with E-state index in [0.717, 1.165) is 25.3 Å². The lowest BCUT2D eigenvalue weighted by Gasteiger charge is -2.28. The number of methoxy groups -OCH3 is 2. The highest BCUT2D eigenvalue weighted by Gasteiger charge is 2.22. The number of nitrogens with one attached hydrogen (secondary N) is 1. The standard InChI is InChI=1S/C13H29NO2/c1-6-9-14-12(13(15-4)16-5)10-11(7-2)8-3/h11-14H,6-10H2,1-5H3. The van der Waals surface area contributed by atoms with Crippen LogP contribution in [-0.4, -0.2) is 33.1 Å². The van der Waals surface area contributed by atoms with Crippen LogP contribution in [0.5, 0.6) is 0 Å². The first-order chi connectivity index (χ1) is 7.73. The summed E-state index contributed by atoms with van der Waals surface area (Å²) in [7, 11) is 3.42. The van der Waals surface area contributed by atoms with Crippen LogP contribution in [0, 0.1) is 5.92 Å². The minimum absolute atomic E-state index is 0.132. The lowest BCUT2D eigenvalue weighted by molar-refractivity contribution is -0.126. The quantitative estimate of drug-likeness (QED) is 0.586. The molecule has 0 aromatic heterocycles. The summed E-state index contributed by atoms with van der Waals surface area (Å²) in [5.41, 5.74) is 0. The fraction of sp³-hybridized carbons (Fsp3) is 1.00. The average molecular weight is 231 g/mol. The first kappa shape index (κ1) is 15.9. The van der Waals surface area contributed by atoms with Crippen LogP contribution in [0.1, 0.15) is 46.5 Å². The van der Waals surface area contributed by atoms with Crippen molar-refractivity contribution in [1.29, 1.82) is 0 Å². The second-order valence-electron chi connectivity index (χ2n) is 4.32. The van der Waals surface area contributed by atoms with E-state index in [1.807, 2.05) is 0 Å². The lowest BCUT2D eigenvalue weighted by atomic mass is 9.94. The predicted octanol–water partition coefficient (Wildman–Crippen LogP) is 2.80. The lowest BCUT2D eigenvalue weighted by Crippen LogP contribution is -2.43. The van der Waals surface area contributed by atoms with Crippen LogP contribution in [0.4, 0.5) is 0 Å².